The van der Waals surface area contributed by atoms with Crippen molar-refractivity contribution in [3.05, 3.63) is 28.7 Å². The van der Waals surface area contributed by atoms with Crippen LogP contribution in [-0.2, 0) is 4.79 Å². The molecule has 0 radical (unpaired) electrons. The van der Waals surface area contributed by atoms with Crippen molar-refractivity contribution in [2.75, 3.05) is 25.0 Å². The molecule has 0 aliphatic carbocycles. The lowest BCUT2D eigenvalue weighted by Crippen LogP contribution is -2.39. The number of hydrogen-bond acceptors (Lipinski definition) is 2. The Morgan fingerprint density at radius 2 is 2.26 bits per heavy atom. The van der Waals surface area contributed by atoms with E-state index in [9.17, 15) is 4.79 Å². The Balaban J connectivity index is 1.76. The van der Waals surface area contributed by atoms with E-state index in [2.05, 4.69) is 28.2 Å². The lowest BCUT2D eigenvalue weighted by atomic mass is 10.00. The normalized spacial score (nSPS) is 19.3. The molecule has 1 aliphatic heterocycles. The maximum atomic E-state index is 12.1. The summed E-state index contributed by atoms with van der Waals surface area (Å²) in [6, 6.07) is 7.98. The minimum Gasteiger partial charge on any atom is -0.384 e. The molecule has 104 valence electrons. The van der Waals surface area contributed by atoms with Crippen molar-refractivity contribution in [2.24, 2.45) is 5.92 Å². The van der Waals surface area contributed by atoms with Gasteiger partial charge in [-0.25, -0.2) is 0 Å². The van der Waals surface area contributed by atoms with Crippen molar-refractivity contribution in [2.45, 2.75) is 26.2 Å². The largest absolute Gasteiger partial charge is 0.384 e. The first kappa shape index (κ1) is 14.4. The molecular formula is C15H21BrN2O. The number of carbonyl (C=O) groups excluding carboxylic acids is 1. The van der Waals surface area contributed by atoms with E-state index >= 15 is 0 Å². The number of para-hydroxylation sites is 1. The van der Waals surface area contributed by atoms with Crippen LogP contribution in [0.3, 0.4) is 0 Å². The summed E-state index contributed by atoms with van der Waals surface area (Å²) in [5, 5.41) is 3.30. The fourth-order valence-corrected chi connectivity index (χ4v) is 2.91. The van der Waals surface area contributed by atoms with Gasteiger partial charge in [0.2, 0.25) is 5.91 Å². The third-order valence-corrected chi connectivity index (χ3v) is 4.23. The molecule has 1 unspecified atom stereocenters. The Labute approximate surface area is 123 Å². The van der Waals surface area contributed by atoms with Gasteiger partial charge in [-0.3, -0.25) is 4.79 Å². The molecule has 1 saturated heterocycles. The maximum Gasteiger partial charge on any atom is 0.224 e. The number of rotatable bonds is 4. The second kappa shape index (κ2) is 6.94. The molecule has 2 rings (SSSR count). The number of anilines is 1. The van der Waals surface area contributed by atoms with Crippen LogP contribution in [0.25, 0.3) is 0 Å². The van der Waals surface area contributed by atoms with Crippen LogP contribution in [0.2, 0.25) is 0 Å². The smallest absolute Gasteiger partial charge is 0.224 e. The number of amides is 1. The molecule has 0 bridgehead atoms. The fraction of sp³-hybridized carbons (Fsp3) is 0.533. The predicted molar refractivity (Wildman–Crippen MR) is 82.2 cm³/mol. The first-order valence-electron chi connectivity index (χ1n) is 6.93. The van der Waals surface area contributed by atoms with Crippen LogP contribution < -0.4 is 5.32 Å². The summed E-state index contributed by atoms with van der Waals surface area (Å²) in [6.07, 6.45) is 2.96. The number of hydrogen-bond donors (Lipinski definition) is 1. The summed E-state index contributed by atoms with van der Waals surface area (Å²) in [4.78, 5) is 14.1. The summed E-state index contributed by atoms with van der Waals surface area (Å²) in [5.41, 5.74) is 1.04. The zero-order chi connectivity index (χ0) is 13.7. The zero-order valence-electron chi connectivity index (χ0n) is 11.4. The topological polar surface area (TPSA) is 32.3 Å². The van der Waals surface area contributed by atoms with Crippen LogP contribution >= 0.6 is 15.9 Å². The van der Waals surface area contributed by atoms with Crippen LogP contribution in [-0.4, -0.2) is 30.4 Å². The standard InChI is InChI=1S/C15H21BrN2O/c1-12-5-4-10-18(11-12)15(19)8-9-17-14-7-3-2-6-13(14)16/h2-3,6-7,12,17H,4-5,8-11H2,1H3. The van der Waals surface area contributed by atoms with E-state index in [0.717, 1.165) is 29.7 Å². The summed E-state index contributed by atoms with van der Waals surface area (Å²) >= 11 is 3.49. The molecule has 0 aromatic heterocycles. The van der Waals surface area contributed by atoms with E-state index in [4.69, 9.17) is 0 Å². The molecule has 1 fully saturated rings. The molecule has 1 aliphatic rings. The highest BCUT2D eigenvalue weighted by atomic mass is 79.9. The Morgan fingerprint density at radius 1 is 1.47 bits per heavy atom. The molecule has 1 aromatic rings. The molecule has 1 heterocycles. The van der Waals surface area contributed by atoms with E-state index < -0.39 is 0 Å². The Bertz CT molecular complexity index is 436. The molecule has 19 heavy (non-hydrogen) atoms. The third-order valence-electron chi connectivity index (χ3n) is 3.54. The zero-order valence-corrected chi connectivity index (χ0v) is 12.9. The highest BCUT2D eigenvalue weighted by molar-refractivity contribution is 9.10. The second-order valence-electron chi connectivity index (χ2n) is 5.24. The SMILES string of the molecule is CC1CCCN(C(=O)CCNc2ccccc2Br)C1. The number of halogens is 1. The van der Waals surface area contributed by atoms with Crippen molar-refractivity contribution in [1.29, 1.82) is 0 Å². The highest BCUT2D eigenvalue weighted by Crippen LogP contribution is 2.21. The monoisotopic (exact) mass is 324 g/mol. The first-order chi connectivity index (χ1) is 9.16. The number of likely N-dealkylation sites (tertiary alicyclic amines) is 1. The average molecular weight is 325 g/mol. The summed E-state index contributed by atoms with van der Waals surface area (Å²) in [6.45, 7) is 4.76. The molecule has 1 atom stereocenters. The summed E-state index contributed by atoms with van der Waals surface area (Å²) in [5.74, 6) is 0.917. The molecule has 4 heteroatoms. The van der Waals surface area contributed by atoms with Gasteiger partial charge >= 0.3 is 0 Å². The number of piperidine rings is 1. The van der Waals surface area contributed by atoms with Gasteiger partial charge in [0, 0.05) is 36.2 Å². The average Bonchev–Trinajstić information content (AvgIpc) is 2.41. The summed E-state index contributed by atoms with van der Waals surface area (Å²) < 4.78 is 1.04. The first-order valence-corrected chi connectivity index (χ1v) is 7.72. The fourth-order valence-electron chi connectivity index (χ4n) is 2.48. The van der Waals surface area contributed by atoms with Gasteiger partial charge in [0.25, 0.3) is 0 Å². The van der Waals surface area contributed by atoms with Crippen molar-refractivity contribution >= 4 is 27.5 Å². The second-order valence-corrected chi connectivity index (χ2v) is 6.10. The molecule has 1 aromatic carbocycles. The van der Waals surface area contributed by atoms with E-state index in [1.54, 1.807) is 0 Å². The van der Waals surface area contributed by atoms with Crippen LogP contribution in [0.1, 0.15) is 26.2 Å². The molecule has 1 amide bonds. The van der Waals surface area contributed by atoms with Crippen molar-refractivity contribution in [1.82, 2.24) is 4.90 Å². The Kier molecular flexibility index (Phi) is 5.25. The molecule has 3 nitrogen and oxygen atoms in total. The van der Waals surface area contributed by atoms with Crippen molar-refractivity contribution < 1.29 is 4.79 Å². The molecule has 0 saturated carbocycles. The van der Waals surface area contributed by atoms with E-state index in [0.29, 0.717) is 18.9 Å². The van der Waals surface area contributed by atoms with Crippen LogP contribution in [0.5, 0.6) is 0 Å². The van der Waals surface area contributed by atoms with Crippen molar-refractivity contribution in [3.8, 4) is 0 Å². The van der Waals surface area contributed by atoms with Gasteiger partial charge in [0.15, 0.2) is 0 Å². The van der Waals surface area contributed by atoms with Gasteiger partial charge in [-0.05, 0) is 46.8 Å². The number of carbonyl (C=O) groups is 1. The maximum absolute atomic E-state index is 12.1. The van der Waals surface area contributed by atoms with E-state index in [1.807, 2.05) is 29.2 Å². The van der Waals surface area contributed by atoms with Gasteiger partial charge in [0.05, 0.1) is 0 Å². The van der Waals surface area contributed by atoms with Crippen LogP contribution in [0.4, 0.5) is 5.69 Å². The molecular weight excluding hydrogens is 304 g/mol. The van der Waals surface area contributed by atoms with Gasteiger partial charge in [0.1, 0.15) is 0 Å². The minimum absolute atomic E-state index is 0.270. The summed E-state index contributed by atoms with van der Waals surface area (Å²) in [7, 11) is 0. The lowest BCUT2D eigenvalue weighted by Gasteiger charge is -2.31. The van der Waals surface area contributed by atoms with E-state index in [-0.39, 0.29) is 5.91 Å². The minimum atomic E-state index is 0.270. The van der Waals surface area contributed by atoms with Gasteiger partial charge < -0.3 is 10.2 Å². The molecule has 0 spiro atoms. The van der Waals surface area contributed by atoms with E-state index in [1.165, 1.54) is 6.42 Å². The lowest BCUT2D eigenvalue weighted by molar-refractivity contribution is -0.132. The highest BCUT2D eigenvalue weighted by Gasteiger charge is 2.20. The Hall–Kier alpha value is -1.03. The Morgan fingerprint density at radius 3 is 3.00 bits per heavy atom. The molecule has 1 N–H and O–H groups in total. The van der Waals surface area contributed by atoms with Crippen molar-refractivity contribution in [3.63, 3.8) is 0 Å². The van der Waals surface area contributed by atoms with Crippen LogP contribution in [0.15, 0.2) is 28.7 Å². The number of benzene rings is 1. The van der Waals surface area contributed by atoms with Gasteiger partial charge in [-0.2, -0.15) is 0 Å². The van der Waals surface area contributed by atoms with Crippen LogP contribution in [0, 0.1) is 5.92 Å². The number of nitrogens with one attached hydrogen (secondary N) is 1. The van der Waals surface area contributed by atoms with Gasteiger partial charge in [-0.15, -0.1) is 0 Å². The third kappa shape index (κ3) is 4.23. The van der Waals surface area contributed by atoms with Gasteiger partial charge in [-0.1, -0.05) is 19.1 Å². The predicted octanol–water partition coefficient (Wildman–Crippen LogP) is 3.51. The quantitative estimate of drug-likeness (QED) is 0.919. The number of nitrogens with zero attached hydrogens (tertiary/aromatic N) is 1.